The number of nitrogens with zero attached hydrogens (tertiary/aromatic N) is 2. The number of carboxylic acids is 1. The van der Waals surface area contributed by atoms with Crippen LogP contribution in [0.1, 0.15) is 15.9 Å². The van der Waals surface area contributed by atoms with Crippen LogP contribution < -0.4 is 11.1 Å². The van der Waals surface area contributed by atoms with Gasteiger partial charge in [0.15, 0.2) is 5.16 Å². The van der Waals surface area contributed by atoms with Gasteiger partial charge in [0.05, 0.1) is 5.56 Å². The van der Waals surface area contributed by atoms with E-state index in [0.717, 1.165) is 11.8 Å². The van der Waals surface area contributed by atoms with E-state index in [1.807, 2.05) is 0 Å². The number of nitrogens with one attached hydrogen (secondary N) is 1. The fourth-order valence-electron chi connectivity index (χ4n) is 1.59. The van der Waals surface area contributed by atoms with Crippen molar-refractivity contribution < 1.29 is 14.3 Å². The summed E-state index contributed by atoms with van der Waals surface area (Å²) in [6.45, 7) is 0. The molecule has 0 radical (unpaired) electrons. The molecule has 7 nitrogen and oxygen atoms in total. The van der Waals surface area contributed by atoms with Crippen LogP contribution in [0.2, 0.25) is 0 Å². The van der Waals surface area contributed by atoms with E-state index in [0.29, 0.717) is 0 Å². The van der Waals surface area contributed by atoms with Gasteiger partial charge in [0, 0.05) is 12.8 Å². The first-order valence-electron chi connectivity index (χ1n) is 5.71. The van der Waals surface area contributed by atoms with E-state index in [1.165, 1.54) is 29.9 Å². The molecule has 2 aromatic rings. The molecular weight excluding hydrogens is 301 g/mol. The molecule has 0 aliphatic rings. The summed E-state index contributed by atoms with van der Waals surface area (Å²) in [4.78, 5) is 36.6. The summed E-state index contributed by atoms with van der Waals surface area (Å²) < 4.78 is 15.2. The summed E-state index contributed by atoms with van der Waals surface area (Å²) in [5.41, 5.74) is -2.03. The molecule has 9 heteroatoms. The number of carboxylic acid groups (broad SMARTS) is 1. The van der Waals surface area contributed by atoms with Crippen molar-refractivity contribution >= 4 is 17.7 Å². The molecule has 2 rings (SSSR count). The molecular formula is C12H10FN3O4S. The van der Waals surface area contributed by atoms with E-state index >= 15 is 0 Å². The van der Waals surface area contributed by atoms with E-state index in [2.05, 4.69) is 10.1 Å². The normalized spacial score (nSPS) is 10.6. The van der Waals surface area contributed by atoms with Crippen LogP contribution in [-0.2, 0) is 12.8 Å². The van der Waals surface area contributed by atoms with Gasteiger partial charge in [-0.05, 0) is 11.6 Å². The van der Waals surface area contributed by atoms with Crippen molar-refractivity contribution in [3.8, 4) is 0 Å². The summed E-state index contributed by atoms with van der Waals surface area (Å²) >= 11 is 1.01. The van der Waals surface area contributed by atoms with E-state index in [1.54, 1.807) is 0 Å². The molecule has 0 saturated heterocycles. The van der Waals surface area contributed by atoms with Gasteiger partial charge in [0.1, 0.15) is 5.82 Å². The van der Waals surface area contributed by atoms with E-state index < -0.39 is 28.5 Å². The monoisotopic (exact) mass is 311 g/mol. The first kappa shape index (κ1) is 15.0. The topological polar surface area (TPSA) is 105 Å². The Morgan fingerprint density at radius 3 is 2.86 bits per heavy atom. The number of H-pyrrole nitrogens is 1. The van der Waals surface area contributed by atoms with Crippen molar-refractivity contribution in [2.75, 3.05) is 0 Å². The largest absolute Gasteiger partial charge is 0.478 e. The second-order valence-corrected chi connectivity index (χ2v) is 5.01. The number of thioether (sulfide) groups is 1. The number of halogens is 1. The lowest BCUT2D eigenvalue weighted by Crippen LogP contribution is -2.33. The van der Waals surface area contributed by atoms with E-state index in [9.17, 15) is 18.8 Å². The number of hydrogen-bond acceptors (Lipinski definition) is 5. The maximum atomic E-state index is 13.9. The Kier molecular flexibility index (Phi) is 4.22. The highest BCUT2D eigenvalue weighted by atomic mass is 32.2. The number of aromatic nitrogens is 3. The predicted octanol–water partition coefficient (Wildman–Crippen LogP) is 0.598. The number of rotatable bonds is 4. The molecule has 1 aromatic carbocycles. The molecule has 0 fully saturated rings. The number of aromatic carboxylic acids is 1. The van der Waals surface area contributed by atoms with Gasteiger partial charge in [-0.2, -0.15) is 4.98 Å². The smallest absolute Gasteiger partial charge is 0.339 e. The molecule has 0 aliphatic heterocycles. The summed E-state index contributed by atoms with van der Waals surface area (Å²) in [5.74, 6) is -2.11. The highest BCUT2D eigenvalue weighted by molar-refractivity contribution is 7.98. The maximum absolute atomic E-state index is 13.9. The molecule has 0 spiro atoms. The number of aromatic amines is 1. The van der Waals surface area contributed by atoms with Crippen molar-refractivity contribution in [2.24, 2.45) is 7.05 Å². The van der Waals surface area contributed by atoms with Gasteiger partial charge in [-0.1, -0.05) is 23.9 Å². The summed E-state index contributed by atoms with van der Waals surface area (Å²) in [7, 11) is 1.49. The summed E-state index contributed by atoms with van der Waals surface area (Å²) in [6.07, 6.45) is 0. The van der Waals surface area contributed by atoms with Gasteiger partial charge in [-0.3, -0.25) is 19.4 Å². The highest BCUT2D eigenvalue weighted by Gasteiger charge is 2.14. The molecule has 110 valence electrons. The molecule has 21 heavy (non-hydrogen) atoms. The van der Waals surface area contributed by atoms with Crippen molar-refractivity contribution in [3.63, 3.8) is 0 Å². The van der Waals surface area contributed by atoms with Crippen LogP contribution in [0.4, 0.5) is 4.39 Å². The molecule has 0 bridgehead atoms. The Hall–Kier alpha value is -2.42. The molecule has 0 unspecified atom stereocenters. The highest BCUT2D eigenvalue weighted by Crippen LogP contribution is 2.22. The van der Waals surface area contributed by atoms with Crippen molar-refractivity contribution in [2.45, 2.75) is 10.9 Å². The average Bonchev–Trinajstić information content (AvgIpc) is 2.42. The molecule has 0 atom stereocenters. The van der Waals surface area contributed by atoms with Gasteiger partial charge in [0.2, 0.25) is 0 Å². The lowest BCUT2D eigenvalue weighted by atomic mass is 10.1. The Morgan fingerprint density at radius 2 is 2.19 bits per heavy atom. The number of benzene rings is 1. The fraction of sp³-hybridized carbons (Fsp3) is 0.167. The standard InChI is InChI=1S/C12H10FN3O4S/c1-16-12(14-9(17)10(18)15-16)21-5-6-3-2-4-7(8(6)13)11(19)20/h2-4H,5H2,1H3,(H,15,18)(H,19,20). The molecule has 1 aromatic heterocycles. The second-order valence-electron chi connectivity index (χ2n) is 4.07. The maximum Gasteiger partial charge on any atom is 0.339 e. The van der Waals surface area contributed by atoms with Gasteiger partial charge in [-0.25, -0.2) is 9.18 Å². The third-order valence-electron chi connectivity index (χ3n) is 2.61. The van der Waals surface area contributed by atoms with Crippen molar-refractivity contribution in [3.05, 3.63) is 55.9 Å². The Morgan fingerprint density at radius 1 is 1.48 bits per heavy atom. The second kappa shape index (κ2) is 5.92. The summed E-state index contributed by atoms with van der Waals surface area (Å²) in [6, 6.07) is 4.04. The molecule has 0 aliphatic carbocycles. The van der Waals surface area contributed by atoms with Crippen LogP contribution in [-0.4, -0.2) is 25.8 Å². The zero-order valence-electron chi connectivity index (χ0n) is 10.8. The first-order valence-corrected chi connectivity index (χ1v) is 6.69. The summed E-state index contributed by atoms with van der Waals surface area (Å²) in [5, 5.41) is 11.3. The lowest BCUT2D eigenvalue weighted by molar-refractivity contribution is 0.0691. The molecule has 0 saturated carbocycles. The predicted molar refractivity (Wildman–Crippen MR) is 73.0 cm³/mol. The van der Waals surface area contributed by atoms with Gasteiger partial charge in [-0.15, -0.1) is 0 Å². The number of hydrogen-bond donors (Lipinski definition) is 2. The van der Waals surface area contributed by atoms with Crippen LogP contribution in [0.3, 0.4) is 0 Å². The third kappa shape index (κ3) is 3.19. The van der Waals surface area contributed by atoms with Crippen molar-refractivity contribution in [1.82, 2.24) is 14.8 Å². The van der Waals surface area contributed by atoms with Crippen LogP contribution in [0, 0.1) is 5.82 Å². The fourth-order valence-corrected chi connectivity index (χ4v) is 2.48. The van der Waals surface area contributed by atoms with Crippen molar-refractivity contribution in [1.29, 1.82) is 0 Å². The SMILES string of the molecule is Cn1[nH]c(=O)c(=O)nc1SCc1cccc(C(=O)O)c1F. The minimum absolute atomic E-state index is 0.0687. The van der Waals surface area contributed by atoms with E-state index in [-0.39, 0.29) is 16.5 Å². The molecule has 0 amide bonds. The zero-order valence-corrected chi connectivity index (χ0v) is 11.6. The Balaban J connectivity index is 2.27. The van der Waals surface area contributed by atoms with Crippen LogP contribution in [0.25, 0.3) is 0 Å². The van der Waals surface area contributed by atoms with Gasteiger partial charge < -0.3 is 5.11 Å². The van der Waals surface area contributed by atoms with Gasteiger partial charge in [0.25, 0.3) is 0 Å². The minimum atomic E-state index is -1.35. The zero-order chi connectivity index (χ0) is 15.6. The molecule has 1 heterocycles. The van der Waals surface area contributed by atoms with Gasteiger partial charge >= 0.3 is 17.1 Å². The lowest BCUT2D eigenvalue weighted by Gasteiger charge is -2.07. The Labute approximate surface area is 121 Å². The Bertz CT molecular complexity index is 815. The minimum Gasteiger partial charge on any atom is -0.478 e. The van der Waals surface area contributed by atoms with Crippen LogP contribution >= 0.6 is 11.8 Å². The third-order valence-corrected chi connectivity index (χ3v) is 3.69. The number of aryl methyl sites for hydroxylation is 1. The van der Waals surface area contributed by atoms with Crippen LogP contribution in [0.15, 0.2) is 32.9 Å². The first-order chi connectivity index (χ1) is 9.90. The quantitative estimate of drug-likeness (QED) is 0.633. The molecule has 2 N–H and O–H groups in total. The average molecular weight is 311 g/mol. The van der Waals surface area contributed by atoms with E-state index in [4.69, 9.17) is 5.11 Å². The number of carbonyl (C=O) groups is 1. The van der Waals surface area contributed by atoms with Crippen LogP contribution in [0.5, 0.6) is 0 Å².